The zero-order chi connectivity index (χ0) is 11.8. The Balaban J connectivity index is 3.39. The molecule has 0 bridgehead atoms. The van der Waals surface area contributed by atoms with Gasteiger partial charge >= 0.3 is 12.1 Å². The molecule has 82 valence electrons. The molecule has 1 aromatic carbocycles. The minimum Gasteiger partial charge on any atom is -0.478 e. The van der Waals surface area contributed by atoms with E-state index in [9.17, 15) is 18.0 Å². The van der Waals surface area contributed by atoms with E-state index in [-0.39, 0.29) is 14.5 Å². The fourth-order valence-electron chi connectivity index (χ4n) is 0.941. The summed E-state index contributed by atoms with van der Waals surface area (Å²) in [4.78, 5) is 10.7. The second-order valence-corrected chi connectivity index (χ2v) is 4.33. The average Bonchev–Trinajstić information content (AvgIpc) is 1.99. The minimum absolute atomic E-state index is 0.114. The van der Waals surface area contributed by atoms with E-state index in [0.29, 0.717) is 0 Å². The zero-order valence-corrected chi connectivity index (χ0v) is 10.1. The monoisotopic (exact) mass is 346 g/mol. The van der Waals surface area contributed by atoms with E-state index in [1.54, 1.807) is 0 Å². The normalized spacial score (nSPS) is 11.5. The second kappa shape index (κ2) is 4.13. The molecule has 0 unspecified atom stereocenters. The van der Waals surface area contributed by atoms with Gasteiger partial charge in [-0.25, -0.2) is 4.79 Å². The predicted molar refractivity (Wildman–Crippen MR) is 53.8 cm³/mol. The lowest BCUT2D eigenvalue weighted by Crippen LogP contribution is -2.07. The van der Waals surface area contributed by atoms with E-state index < -0.39 is 17.7 Å². The standard InChI is InChI=1S/C8H3Br2F3O2/c9-4-1-3(8(11,12)13)2-5(10)6(4)7(14)15/h1-2H,(H,14,15). The Hall–Kier alpha value is -0.560. The summed E-state index contributed by atoms with van der Waals surface area (Å²) in [5.74, 6) is -1.30. The Bertz CT molecular complexity index is 392. The number of benzene rings is 1. The smallest absolute Gasteiger partial charge is 0.416 e. The predicted octanol–water partition coefficient (Wildman–Crippen LogP) is 3.93. The van der Waals surface area contributed by atoms with E-state index in [1.807, 2.05) is 0 Å². The van der Waals surface area contributed by atoms with Gasteiger partial charge in [-0.15, -0.1) is 0 Å². The molecular weight excluding hydrogens is 345 g/mol. The van der Waals surface area contributed by atoms with Crippen LogP contribution in [0, 0.1) is 0 Å². The highest BCUT2D eigenvalue weighted by Crippen LogP contribution is 2.35. The third-order valence-corrected chi connectivity index (χ3v) is 2.83. The molecule has 7 heteroatoms. The molecule has 0 saturated carbocycles. The quantitative estimate of drug-likeness (QED) is 0.835. The van der Waals surface area contributed by atoms with Crippen molar-refractivity contribution in [3.05, 3.63) is 32.2 Å². The van der Waals surface area contributed by atoms with Gasteiger partial charge in [0.15, 0.2) is 0 Å². The number of carboxylic acids is 1. The SMILES string of the molecule is O=C(O)c1c(Br)cc(C(F)(F)F)cc1Br. The molecule has 0 amide bonds. The lowest BCUT2D eigenvalue weighted by atomic mass is 10.1. The van der Waals surface area contributed by atoms with Crippen LogP contribution in [0.5, 0.6) is 0 Å². The molecule has 0 aliphatic heterocycles. The van der Waals surface area contributed by atoms with E-state index in [2.05, 4.69) is 31.9 Å². The van der Waals surface area contributed by atoms with Gasteiger partial charge in [0.25, 0.3) is 0 Å². The Morgan fingerprint density at radius 2 is 1.60 bits per heavy atom. The topological polar surface area (TPSA) is 37.3 Å². The van der Waals surface area contributed by atoms with Gasteiger partial charge in [0.2, 0.25) is 0 Å². The molecule has 1 N–H and O–H groups in total. The first-order valence-corrected chi connectivity index (χ1v) is 5.11. The third-order valence-electron chi connectivity index (χ3n) is 1.58. The van der Waals surface area contributed by atoms with E-state index in [4.69, 9.17) is 5.11 Å². The first-order valence-electron chi connectivity index (χ1n) is 3.53. The Morgan fingerprint density at radius 1 is 1.20 bits per heavy atom. The van der Waals surface area contributed by atoms with Crippen LogP contribution in [0.4, 0.5) is 13.2 Å². The fourth-order valence-corrected chi connectivity index (χ4v) is 2.47. The maximum Gasteiger partial charge on any atom is 0.416 e. The molecule has 0 aromatic heterocycles. The van der Waals surface area contributed by atoms with Crippen LogP contribution in [-0.2, 0) is 6.18 Å². The number of alkyl halides is 3. The van der Waals surface area contributed by atoms with Crippen molar-refractivity contribution in [2.45, 2.75) is 6.18 Å². The molecule has 0 saturated heterocycles. The molecule has 0 atom stereocenters. The highest BCUT2D eigenvalue weighted by Gasteiger charge is 2.32. The molecule has 1 aromatic rings. The molecule has 0 spiro atoms. The summed E-state index contributed by atoms with van der Waals surface area (Å²) in [6, 6.07) is 1.46. The van der Waals surface area contributed by atoms with Crippen LogP contribution in [0.3, 0.4) is 0 Å². The summed E-state index contributed by atoms with van der Waals surface area (Å²) in [6.07, 6.45) is -4.50. The number of carbonyl (C=O) groups is 1. The Labute approximate surface area is 99.3 Å². The highest BCUT2D eigenvalue weighted by atomic mass is 79.9. The summed E-state index contributed by atoms with van der Waals surface area (Å²) in [5.41, 5.74) is -1.14. The molecule has 0 heterocycles. The molecule has 1 rings (SSSR count). The largest absolute Gasteiger partial charge is 0.478 e. The van der Waals surface area contributed by atoms with Crippen molar-refractivity contribution >= 4 is 37.8 Å². The fraction of sp³-hybridized carbons (Fsp3) is 0.125. The van der Waals surface area contributed by atoms with Crippen molar-refractivity contribution < 1.29 is 23.1 Å². The van der Waals surface area contributed by atoms with Gasteiger partial charge in [-0.1, -0.05) is 0 Å². The van der Waals surface area contributed by atoms with Crippen LogP contribution >= 0.6 is 31.9 Å². The lowest BCUT2D eigenvalue weighted by molar-refractivity contribution is -0.137. The van der Waals surface area contributed by atoms with Gasteiger partial charge < -0.3 is 5.11 Å². The maximum atomic E-state index is 12.3. The van der Waals surface area contributed by atoms with Crippen LogP contribution in [0.25, 0.3) is 0 Å². The van der Waals surface area contributed by atoms with Gasteiger partial charge in [-0.05, 0) is 44.0 Å². The second-order valence-electron chi connectivity index (χ2n) is 2.62. The van der Waals surface area contributed by atoms with E-state index >= 15 is 0 Å². The number of aromatic carboxylic acids is 1. The number of halogens is 5. The van der Waals surface area contributed by atoms with Crippen LogP contribution in [0.2, 0.25) is 0 Å². The van der Waals surface area contributed by atoms with Crippen molar-refractivity contribution in [3.8, 4) is 0 Å². The van der Waals surface area contributed by atoms with Crippen molar-refractivity contribution in [1.82, 2.24) is 0 Å². The lowest BCUT2D eigenvalue weighted by Gasteiger charge is -2.10. The summed E-state index contributed by atoms with van der Waals surface area (Å²) < 4.78 is 36.6. The maximum absolute atomic E-state index is 12.3. The summed E-state index contributed by atoms with van der Waals surface area (Å²) >= 11 is 5.56. The molecule has 0 radical (unpaired) electrons. The first kappa shape index (κ1) is 12.5. The van der Waals surface area contributed by atoms with Crippen LogP contribution in [0.15, 0.2) is 21.1 Å². The average molecular weight is 348 g/mol. The van der Waals surface area contributed by atoms with Gasteiger partial charge in [0.1, 0.15) is 0 Å². The molecule has 0 fully saturated rings. The molecule has 0 aliphatic carbocycles. The molecule has 2 nitrogen and oxygen atoms in total. The number of carboxylic acid groups (broad SMARTS) is 1. The third kappa shape index (κ3) is 2.72. The van der Waals surface area contributed by atoms with Gasteiger partial charge in [-0.3, -0.25) is 0 Å². The van der Waals surface area contributed by atoms with Gasteiger partial charge in [0.05, 0.1) is 11.1 Å². The first-order chi connectivity index (χ1) is 6.73. The number of hydrogen-bond acceptors (Lipinski definition) is 1. The van der Waals surface area contributed by atoms with Crippen LogP contribution in [-0.4, -0.2) is 11.1 Å². The minimum atomic E-state index is -4.50. The highest BCUT2D eigenvalue weighted by molar-refractivity contribution is 9.11. The summed E-state index contributed by atoms with van der Waals surface area (Å²) in [6.45, 7) is 0. The molecule has 0 aliphatic rings. The van der Waals surface area contributed by atoms with Crippen molar-refractivity contribution in [2.24, 2.45) is 0 Å². The van der Waals surface area contributed by atoms with Crippen LogP contribution < -0.4 is 0 Å². The number of rotatable bonds is 1. The van der Waals surface area contributed by atoms with Crippen molar-refractivity contribution in [1.29, 1.82) is 0 Å². The molecule has 15 heavy (non-hydrogen) atoms. The number of hydrogen-bond donors (Lipinski definition) is 1. The summed E-state index contributed by atoms with van der Waals surface area (Å²) in [5, 5.41) is 8.70. The Kier molecular flexibility index (Phi) is 3.44. The van der Waals surface area contributed by atoms with Crippen molar-refractivity contribution in [3.63, 3.8) is 0 Å². The Morgan fingerprint density at radius 3 is 1.87 bits per heavy atom. The summed E-state index contributed by atoms with van der Waals surface area (Å²) in [7, 11) is 0. The molecular formula is C8H3Br2F3O2. The van der Waals surface area contributed by atoms with Gasteiger partial charge in [-0.2, -0.15) is 13.2 Å². The van der Waals surface area contributed by atoms with Crippen molar-refractivity contribution in [2.75, 3.05) is 0 Å². The zero-order valence-electron chi connectivity index (χ0n) is 6.90. The van der Waals surface area contributed by atoms with Gasteiger partial charge in [0, 0.05) is 8.95 Å². The van der Waals surface area contributed by atoms with Crippen LogP contribution in [0.1, 0.15) is 15.9 Å². The van der Waals surface area contributed by atoms with E-state index in [1.165, 1.54) is 0 Å². The van der Waals surface area contributed by atoms with E-state index in [0.717, 1.165) is 12.1 Å².